The van der Waals surface area contributed by atoms with Gasteiger partial charge in [0.25, 0.3) is 0 Å². The van der Waals surface area contributed by atoms with Crippen LogP contribution >= 0.6 is 22.9 Å². The second-order valence-corrected chi connectivity index (χ2v) is 4.99. The molecular weight excluding hydrogens is 270 g/mol. The maximum Gasteiger partial charge on any atom is 0.193 e. The van der Waals surface area contributed by atoms with Crippen molar-refractivity contribution in [1.82, 2.24) is 15.2 Å². The van der Waals surface area contributed by atoms with E-state index in [4.69, 9.17) is 17.3 Å². The first-order valence-corrected chi connectivity index (χ1v) is 6.32. The molecule has 0 aliphatic rings. The van der Waals surface area contributed by atoms with Gasteiger partial charge in [-0.1, -0.05) is 41.1 Å². The van der Waals surface area contributed by atoms with E-state index in [0.29, 0.717) is 21.6 Å². The summed E-state index contributed by atoms with van der Waals surface area (Å²) < 4.78 is 0.843. The molecule has 3 aromatic rings. The lowest BCUT2D eigenvalue weighted by Crippen LogP contribution is -1.81. The fraction of sp³-hybridized carbons (Fsp3) is 0. The predicted octanol–water partition coefficient (Wildman–Crippen LogP) is 3.01. The zero-order valence-corrected chi connectivity index (χ0v) is 10.7. The molecule has 0 radical (unpaired) electrons. The quantitative estimate of drug-likeness (QED) is 0.707. The Morgan fingerprint density at radius 3 is 3.06 bits per heavy atom. The van der Waals surface area contributed by atoms with Crippen LogP contribution < -0.4 is 5.73 Å². The molecule has 0 atom stereocenters. The molecule has 0 fully saturated rings. The Labute approximate surface area is 111 Å². The maximum atomic E-state index is 6.04. The molecule has 5 nitrogen and oxygen atoms in total. The third-order valence-corrected chi connectivity index (χ3v) is 3.57. The highest BCUT2D eigenvalue weighted by Gasteiger charge is 2.09. The summed E-state index contributed by atoms with van der Waals surface area (Å²) in [6, 6.07) is 7.47. The second kappa shape index (κ2) is 4.40. The molecule has 0 spiro atoms. The number of thiazole rings is 1. The fourth-order valence-corrected chi connectivity index (χ4v) is 2.43. The number of nitrogens with two attached hydrogens (primary N) is 1. The molecule has 18 heavy (non-hydrogen) atoms. The molecule has 0 saturated heterocycles. The minimum atomic E-state index is 0.493. The van der Waals surface area contributed by atoms with Crippen LogP contribution in [-0.4, -0.2) is 21.4 Å². The highest BCUT2D eigenvalue weighted by molar-refractivity contribution is 7.22. The first kappa shape index (κ1) is 11.2. The molecule has 0 aliphatic heterocycles. The van der Waals surface area contributed by atoms with Gasteiger partial charge < -0.3 is 5.73 Å². The summed E-state index contributed by atoms with van der Waals surface area (Å²) in [5.74, 6) is 0.569. The van der Waals surface area contributed by atoms with E-state index in [1.807, 2.05) is 24.3 Å². The zero-order chi connectivity index (χ0) is 12.5. The summed E-state index contributed by atoms with van der Waals surface area (Å²) in [5.41, 5.74) is 7.12. The number of aromatic nitrogens is 3. The lowest BCUT2D eigenvalue weighted by molar-refractivity contribution is 1.09. The average molecular weight is 278 g/mol. The summed E-state index contributed by atoms with van der Waals surface area (Å²) in [6.07, 6.45) is 1.67. The van der Waals surface area contributed by atoms with Gasteiger partial charge in [-0.25, -0.2) is 9.98 Å². The van der Waals surface area contributed by atoms with Gasteiger partial charge in [-0.2, -0.15) is 5.10 Å². The molecule has 0 bridgehead atoms. The SMILES string of the molecule is Nc1nc2[nH]nc(N=Cc3ccccc3Cl)c2s1. The van der Waals surface area contributed by atoms with Crippen LogP contribution in [0.1, 0.15) is 5.56 Å². The number of hydrogen-bond donors (Lipinski definition) is 2. The summed E-state index contributed by atoms with van der Waals surface area (Å²) in [4.78, 5) is 8.39. The van der Waals surface area contributed by atoms with Crippen LogP contribution in [0.2, 0.25) is 5.02 Å². The normalized spacial score (nSPS) is 11.6. The van der Waals surface area contributed by atoms with Crippen molar-refractivity contribution >= 4 is 50.4 Å². The number of rotatable bonds is 2. The molecule has 3 N–H and O–H groups in total. The topological polar surface area (TPSA) is 80.0 Å². The van der Waals surface area contributed by atoms with Crippen LogP contribution in [0, 0.1) is 0 Å². The molecule has 0 amide bonds. The summed E-state index contributed by atoms with van der Waals surface area (Å²) >= 11 is 7.39. The van der Waals surface area contributed by atoms with Gasteiger partial charge >= 0.3 is 0 Å². The predicted molar refractivity (Wildman–Crippen MR) is 74.9 cm³/mol. The number of fused-ring (bicyclic) bond motifs is 1. The van der Waals surface area contributed by atoms with Gasteiger partial charge in [0.1, 0.15) is 4.70 Å². The van der Waals surface area contributed by atoms with E-state index in [9.17, 15) is 0 Å². The zero-order valence-electron chi connectivity index (χ0n) is 9.09. The molecule has 2 aromatic heterocycles. The molecule has 7 heteroatoms. The number of aromatic amines is 1. The third-order valence-electron chi connectivity index (χ3n) is 2.35. The molecule has 0 saturated carbocycles. The fourth-order valence-electron chi connectivity index (χ4n) is 1.52. The summed E-state index contributed by atoms with van der Waals surface area (Å²) in [7, 11) is 0. The van der Waals surface area contributed by atoms with E-state index < -0.39 is 0 Å². The van der Waals surface area contributed by atoms with Crippen LogP contribution in [0.5, 0.6) is 0 Å². The Kier molecular flexibility index (Phi) is 2.73. The number of nitrogens with one attached hydrogen (secondary N) is 1. The lowest BCUT2D eigenvalue weighted by Gasteiger charge is -1.94. The molecule has 1 aromatic carbocycles. The number of nitrogen functional groups attached to an aromatic ring is 1. The van der Waals surface area contributed by atoms with Crippen molar-refractivity contribution in [3.63, 3.8) is 0 Å². The maximum absolute atomic E-state index is 6.04. The van der Waals surface area contributed by atoms with Gasteiger partial charge in [0.2, 0.25) is 0 Å². The first-order chi connectivity index (χ1) is 8.74. The molecule has 0 aliphatic carbocycles. The van der Waals surface area contributed by atoms with Crippen molar-refractivity contribution in [3.05, 3.63) is 34.9 Å². The van der Waals surface area contributed by atoms with Gasteiger partial charge in [0, 0.05) is 16.8 Å². The van der Waals surface area contributed by atoms with E-state index in [2.05, 4.69) is 20.2 Å². The molecule has 3 rings (SSSR count). The number of nitrogens with zero attached hydrogens (tertiary/aromatic N) is 3. The Morgan fingerprint density at radius 1 is 1.39 bits per heavy atom. The van der Waals surface area contributed by atoms with Crippen molar-refractivity contribution in [2.75, 3.05) is 5.73 Å². The summed E-state index contributed by atoms with van der Waals surface area (Å²) in [6.45, 7) is 0. The summed E-state index contributed by atoms with van der Waals surface area (Å²) in [5, 5.41) is 7.99. The Morgan fingerprint density at radius 2 is 2.22 bits per heavy atom. The van der Waals surface area contributed by atoms with Crippen LogP contribution in [0.3, 0.4) is 0 Å². The molecular formula is C11H8ClN5S. The van der Waals surface area contributed by atoms with Crippen molar-refractivity contribution < 1.29 is 0 Å². The van der Waals surface area contributed by atoms with Gasteiger partial charge in [0.15, 0.2) is 16.6 Å². The number of halogens is 1. The molecule has 90 valence electrons. The highest BCUT2D eigenvalue weighted by atomic mass is 35.5. The van der Waals surface area contributed by atoms with Crippen LogP contribution in [-0.2, 0) is 0 Å². The number of aliphatic imine (C=N–C) groups is 1. The van der Waals surface area contributed by atoms with Crippen molar-refractivity contribution in [1.29, 1.82) is 0 Å². The number of H-pyrrole nitrogens is 1. The number of benzene rings is 1. The van der Waals surface area contributed by atoms with Crippen LogP contribution in [0.4, 0.5) is 10.9 Å². The molecule has 0 unspecified atom stereocenters. The van der Waals surface area contributed by atoms with Crippen molar-refractivity contribution in [2.45, 2.75) is 0 Å². The van der Waals surface area contributed by atoms with Gasteiger partial charge in [0.05, 0.1) is 0 Å². The van der Waals surface area contributed by atoms with Crippen molar-refractivity contribution in [3.8, 4) is 0 Å². The Balaban J connectivity index is 1.99. The lowest BCUT2D eigenvalue weighted by atomic mass is 10.2. The smallest absolute Gasteiger partial charge is 0.193 e. The van der Waals surface area contributed by atoms with E-state index in [0.717, 1.165) is 10.3 Å². The van der Waals surface area contributed by atoms with E-state index in [-0.39, 0.29) is 0 Å². The Hall–Kier alpha value is -1.92. The van der Waals surface area contributed by atoms with Crippen LogP contribution in [0.25, 0.3) is 10.3 Å². The van der Waals surface area contributed by atoms with Crippen LogP contribution in [0.15, 0.2) is 29.3 Å². The minimum Gasteiger partial charge on any atom is -0.375 e. The van der Waals surface area contributed by atoms with Gasteiger partial charge in [-0.15, -0.1) is 0 Å². The molecule has 2 heterocycles. The minimum absolute atomic E-state index is 0.493. The van der Waals surface area contributed by atoms with Crippen molar-refractivity contribution in [2.24, 2.45) is 4.99 Å². The van der Waals surface area contributed by atoms with E-state index in [1.54, 1.807) is 6.21 Å². The van der Waals surface area contributed by atoms with E-state index >= 15 is 0 Å². The second-order valence-electron chi connectivity index (χ2n) is 3.56. The number of hydrogen-bond acceptors (Lipinski definition) is 5. The van der Waals surface area contributed by atoms with Gasteiger partial charge in [-0.05, 0) is 6.07 Å². The standard InChI is InChI=1S/C11H8ClN5S/c12-7-4-2-1-3-6(7)5-14-9-8-10(17-16-9)15-11(13)18-8/h1-5H,(H3,13,15,16,17). The monoisotopic (exact) mass is 277 g/mol. The third kappa shape index (κ3) is 1.96. The Bertz CT molecular complexity index is 730. The number of anilines is 1. The largest absolute Gasteiger partial charge is 0.375 e. The first-order valence-electron chi connectivity index (χ1n) is 5.13. The average Bonchev–Trinajstić information content (AvgIpc) is 2.88. The van der Waals surface area contributed by atoms with Gasteiger partial charge in [-0.3, -0.25) is 5.10 Å². The highest BCUT2D eigenvalue weighted by Crippen LogP contribution is 2.30. The van der Waals surface area contributed by atoms with E-state index in [1.165, 1.54) is 11.3 Å².